The summed E-state index contributed by atoms with van der Waals surface area (Å²) in [6, 6.07) is 10.6. The Balaban J connectivity index is 2.20. The number of sulfonamides is 1. The maximum Gasteiger partial charge on any atom is 0.255 e. The maximum atomic E-state index is 12.4. The van der Waals surface area contributed by atoms with E-state index >= 15 is 0 Å². The zero-order valence-electron chi connectivity index (χ0n) is 14.0. The summed E-state index contributed by atoms with van der Waals surface area (Å²) in [5.74, 6) is -0.388. The van der Waals surface area contributed by atoms with Gasteiger partial charge in [0.05, 0.1) is 16.3 Å². The highest BCUT2D eigenvalue weighted by molar-refractivity contribution is 7.89. The van der Waals surface area contributed by atoms with Crippen molar-refractivity contribution in [1.29, 1.82) is 0 Å². The summed E-state index contributed by atoms with van der Waals surface area (Å²) in [4.78, 5) is 12.5. The first-order chi connectivity index (χ1) is 11.8. The molecule has 0 fully saturated rings. The van der Waals surface area contributed by atoms with Crippen LogP contribution in [0, 0.1) is 0 Å². The van der Waals surface area contributed by atoms with E-state index < -0.39 is 10.0 Å². The van der Waals surface area contributed by atoms with Crippen LogP contribution in [0.5, 0.6) is 0 Å². The monoisotopic (exact) mass is 381 g/mol. The molecule has 3 N–H and O–H groups in total. The van der Waals surface area contributed by atoms with Crippen LogP contribution in [-0.2, 0) is 10.0 Å². The van der Waals surface area contributed by atoms with Crippen molar-refractivity contribution in [3.63, 3.8) is 0 Å². The molecule has 134 valence electrons. The number of benzene rings is 2. The van der Waals surface area contributed by atoms with Gasteiger partial charge in [-0.1, -0.05) is 25.4 Å². The van der Waals surface area contributed by atoms with Gasteiger partial charge in [-0.15, -0.1) is 0 Å². The number of carbonyl (C=O) groups is 1. The Morgan fingerprint density at radius 2 is 1.72 bits per heavy atom. The highest BCUT2D eigenvalue weighted by Gasteiger charge is 2.21. The van der Waals surface area contributed by atoms with Crippen molar-refractivity contribution < 1.29 is 13.2 Å². The van der Waals surface area contributed by atoms with Gasteiger partial charge in [-0.05, 0) is 42.5 Å². The molecule has 0 spiro atoms. The molecule has 0 aliphatic rings. The average molecular weight is 382 g/mol. The van der Waals surface area contributed by atoms with Crippen molar-refractivity contribution in [3.05, 3.63) is 53.1 Å². The summed E-state index contributed by atoms with van der Waals surface area (Å²) < 4.78 is 26.2. The summed E-state index contributed by atoms with van der Waals surface area (Å²) >= 11 is 5.83. The van der Waals surface area contributed by atoms with Crippen molar-refractivity contribution >= 4 is 38.9 Å². The van der Waals surface area contributed by atoms with Crippen LogP contribution in [0.1, 0.15) is 24.2 Å². The fourth-order valence-electron chi connectivity index (χ4n) is 2.33. The van der Waals surface area contributed by atoms with Crippen molar-refractivity contribution in [1.82, 2.24) is 4.31 Å². The first kappa shape index (κ1) is 19.2. The van der Waals surface area contributed by atoms with Crippen LogP contribution in [0.2, 0.25) is 5.02 Å². The summed E-state index contributed by atoms with van der Waals surface area (Å²) in [5, 5.41) is 3.15. The number of nitrogens with one attached hydrogen (secondary N) is 1. The van der Waals surface area contributed by atoms with E-state index in [0.29, 0.717) is 35.1 Å². The van der Waals surface area contributed by atoms with E-state index in [9.17, 15) is 13.2 Å². The standard InChI is InChI=1S/C17H20ClN3O3S/c1-3-21(4-2)25(23,24)14-8-5-12(6-9-14)17(22)20-16-10-7-13(18)11-15(16)19/h5-11H,3-4,19H2,1-2H3,(H,20,22). The van der Waals surface area contributed by atoms with Gasteiger partial charge in [-0.25, -0.2) is 8.42 Å². The number of nitrogens with zero attached hydrogens (tertiary/aromatic N) is 1. The molecule has 0 saturated carbocycles. The van der Waals surface area contributed by atoms with E-state index in [4.69, 9.17) is 17.3 Å². The van der Waals surface area contributed by atoms with Gasteiger partial charge < -0.3 is 11.1 Å². The minimum Gasteiger partial charge on any atom is -0.397 e. The van der Waals surface area contributed by atoms with E-state index in [1.807, 2.05) is 0 Å². The second kappa shape index (κ2) is 7.86. The topological polar surface area (TPSA) is 92.5 Å². The molecule has 0 aliphatic carbocycles. The second-order valence-electron chi connectivity index (χ2n) is 5.30. The van der Waals surface area contributed by atoms with Crippen LogP contribution in [0.3, 0.4) is 0 Å². The van der Waals surface area contributed by atoms with Crippen molar-refractivity contribution in [2.24, 2.45) is 0 Å². The molecule has 0 radical (unpaired) electrons. The Hall–Kier alpha value is -2.09. The minimum atomic E-state index is -3.55. The zero-order valence-corrected chi connectivity index (χ0v) is 15.6. The van der Waals surface area contributed by atoms with Gasteiger partial charge in [-0.2, -0.15) is 4.31 Å². The van der Waals surface area contributed by atoms with Crippen molar-refractivity contribution in [2.45, 2.75) is 18.7 Å². The molecule has 0 unspecified atom stereocenters. The second-order valence-corrected chi connectivity index (χ2v) is 7.67. The summed E-state index contributed by atoms with van der Waals surface area (Å²) in [7, 11) is -3.55. The number of halogens is 1. The third kappa shape index (κ3) is 4.31. The van der Waals surface area contributed by atoms with Gasteiger partial charge in [0, 0.05) is 23.7 Å². The average Bonchev–Trinajstić information content (AvgIpc) is 2.58. The first-order valence-corrected chi connectivity index (χ1v) is 9.58. The number of anilines is 2. The van der Waals surface area contributed by atoms with E-state index in [1.54, 1.807) is 26.0 Å². The predicted octanol–water partition coefficient (Wildman–Crippen LogP) is 3.21. The van der Waals surface area contributed by atoms with Gasteiger partial charge in [0.1, 0.15) is 0 Å². The Morgan fingerprint density at radius 1 is 1.12 bits per heavy atom. The number of nitrogens with two attached hydrogens (primary N) is 1. The van der Waals surface area contributed by atoms with Crippen LogP contribution in [0.25, 0.3) is 0 Å². The third-order valence-corrected chi connectivity index (χ3v) is 6.02. The minimum absolute atomic E-state index is 0.152. The number of rotatable bonds is 6. The Bertz CT molecular complexity index is 863. The molecule has 2 aromatic rings. The molecule has 0 atom stereocenters. The van der Waals surface area contributed by atoms with E-state index in [-0.39, 0.29) is 10.8 Å². The fraction of sp³-hybridized carbons (Fsp3) is 0.235. The van der Waals surface area contributed by atoms with Crippen LogP contribution >= 0.6 is 11.6 Å². The lowest BCUT2D eigenvalue weighted by atomic mass is 10.2. The molecule has 0 aromatic heterocycles. The first-order valence-electron chi connectivity index (χ1n) is 7.76. The van der Waals surface area contributed by atoms with Crippen LogP contribution in [0.4, 0.5) is 11.4 Å². The van der Waals surface area contributed by atoms with Gasteiger partial charge in [0.15, 0.2) is 0 Å². The van der Waals surface area contributed by atoms with Gasteiger partial charge in [-0.3, -0.25) is 4.79 Å². The molecule has 2 rings (SSSR count). The zero-order chi connectivity index (χ0) is 18.6. The number of nitrogen functional groups attached to an aromatic ring is 1. The van der Waals surface area contributed by atoms with Crippen LogP contribution < -0.4 is 11.1 Å². The lowest BCUT2D eigenvalue weighted by molar-refractivity contribution is 0.102. The third-order valence-electron chi connectivity index (χ3n) is 3.72. The number of hydrogen-bond donors (Lipinski definition) is 2. The molecule has 1 amide bonds. The summed E-state index contributed by atoms with van der Waals surface area (Å²) in [6.07, 6.45) is 0. The normalized spacial score (nSPS) is 11.5. The lowest BCUT2D eigenvalue weighted by Gasteiger charge is -2.18. The molecule has 0 bridgehead atoms. The van der Waals surface area contributed by atoms with Crippen LogP contribution in [0.15, 0.2) is 47.4 Å². The lowest BCUT2D eigenvalue weighted by Crippen LogP contribution is -2.30. The van der Waals surface area contributed by atoms with Crippen molar-refractivity contribution in [3.8, 4) is 0 Å². The molecule has 6 nitrogen and oxygen atoms in total. The molecule has 8 heteroatoms. The van der Waals surface area contributed by atoms with Gasteiger partial charge in [0.25, 0.3) is 5.91 Å². The maximum absolute atomic E-state index is 12.4. The molecular weight excluding hydrogens is 362 g/mol. The largest absolute Gasteiger partial charge is 0.397 e. The Morgan fingerprint density at radius 3 is 2.24 bits per heavy atom. The summed E-state index contributed by atoms with van der Waals surface area (Å²) in [6.45, 7) is 4.33. The molecular formula is C17H20ClN3O3S. The quantitative estimate of drug-likeness (QED) is 0.751. The fourth-order valence-corrected chi connectivity index (χ4v) is 3.97. The van der Waals surface area contributed by atoms with E-state index in [0.717, 1.165) is 0 Å². The van der Waals surface area contributed by atoms with E-state index in [2.05, 4.69) is 5.32 Å². The van der Waals surface area contributed by atoms with Crippen molar-refractivity contribution in [2.75, 3.05) is 24.1 Å². The molecule has 2 aromatic carbocycles. The molecule has 25 heavy (non-hydrogen) atoms. The molecule has 0 saturated heterocycles. The molecule has 0 aliphatic heterocycles. The Labute approximate surface area is 152 Å². The SMILES string of the molecule is CCN(CC)S(=O)(=O)c1ccc(C(=O)Nc2ccc(Cl)cc2N)cc1. The number of carbonyl (C=O) groups excluding carboxylic acids is 1. The predicted molar refractivity (Wildman–Crippen MR) is 100 cm³/mol. The van der Waals surface area contributed by atoms with Gasteiger partial charge >= 0.3 is 0 Å². The highest BCUT2D eigenvalue weighted by Crippen LogP contribution is 2.23. The smallest absolute Gasteiger partial charge is 0.255 e. The highest BCUT2D eigenvalue weighted by atomic mass is 35.5. The summed E-state index contributed by atoms with van der Waals surface area (Å²) in [5.41, 5.74) is 6.92. The Kier molecular flexibility index (Phi) is 6.05. The van der Waals surface area contributed by atoms with E-state index in [1.165, 1.54) is 34.6 Å². The number of hydrogen-bond acceptors (Lipinski definition) is 4. The van der Waals surface area contributed by atoms with Gasteiger partial charge in [0.2, 0.25) is 10.0 Å². The molecule has 0 heterocycles. The van der Waals surface area contributed by atoms with Crippen LogP contribution in [-0.4, -0.2) is 31.7 Å². The number of amides is 1.